The summed E-state index contributed by atoms with van der Waals surface area (Å²) in [4.78, 5) is 0. The molecule has 0 bridgehead atoms. The maximum atomic E-state index is 5.90. The molecule has 0 radical (unpaired) electrons. The number of ether oxygens (including phenoxy) is 1. The first kappa shape index (κ1) is 37.8. The lowest BCUT2D eigenvalue weighted by atomic mass is 9.72. The molecule has 0 unspecified atom stereocenters. The van der Waals surface area contributed by atoms with Crippen LogP contribution in [0.2, 0.25) is 0 Å². The number of hydrogen-bond acceptors (Lipinski definition) is 1. The van der Waals surface area contributed by atoms with Crippen molar-refractivity contribution in [3.05, 3.63) is 130 Å². The molecule has 45 heavy (non-hydrogen) atoms. The first-order chi connectivity index (χ1) is 21.2. The van der Waals surface area contributed by atoms with Gasteiger partial charge in [0.25, 0.3) is 0 Å². The molecule has 2 aliphatic rings. The summed E-state index contributed by atoms with van der Waals surface area (Å²) in [6.45, 7) is 25.2. The van der Waals surface area contributed by atoms with E-state index in [1.54, 1.807) is 5.57 Å². The average molecular weight is 605 g/mol. The number of allylic oxidation sites excluding steroid dienone is 21. The van der Waals surface area contributed by atoms with E-state index in [4.69, 9.17) is 4.74 Å². The zero-order valence-corrected chi connectivity index (χ0v) is 30.3. The lowest BCUT2D eigenvalue weighted by Crippen LogP contribution is -2.30. The fraction of sp³-hybridized carbons (Fsp3) is 0.455. The number of hydrogen-bond donors (Lipinski definition) is 0. The van der Waals surface area contributed by atoms with Gasteiger partial charge in [-0.2, -0.15) is 0 Å². The summed E-state index contributed by atoms with van der Waals surface area (Å²) < 4.78 is 5.90. The Labute approximate surface area is 277 Å². The summed E-state index contributed by atoms with van der Waals surface area (Å²) in [7, 11) is 0. The van der Waals surface area contributed by atoms with Gasteiger partial charge in [-0.25, -0.2) is 0 Å². The minimum atomic E-state index is 0.0533. The van der Waals surface area contributed by atoms with Crippen LogP contribution < -0.4 is 0 Å². The molecule has 0 fully saturated rings. The van der Waals surface area contributed by atoms with Crippen molar-refractivity contribution in [2.24, 2.45) is 10.8 Å². The molecule has 1 nitrogen and oxygen atoms in total. The molecule has 1 atom stereocenters. The van der Waals surface area contributed by atoms with Gasteiger partial charge in [0.1, 0.15) is 0 Å². The zero-order chi connectivity index (χ0) is 33.5. The van der Waals surface area contributed by atoms with E-state index in [1.165, 1.54) is 58.3 Å². The SMILES string of the molecule is CCO[C@@H]1CC(C)=C(C#C/C=C/C(C)=C/C=C/C(C)=C/C=C/C=C(C)/C=C/C=C(C)/C=C/C2=C(C)CCCC2(C)C)C(C)(C)C1. The molecule has 0 saturated carbocycles. The van der Waals surface area contributed by atoms with Gasteiger partial charge in [-0.3, -0.25) is 0 Å². The van der Waals surface area contributed by atoms with Crippen LogP contribution in [0.4, 0.5) is 0 Å². The summed E-state index contributed by atoms with van der Waals surface area (Å²) in [5.41, 5.74) is 10.9. The fourth-order valence-electron chi connectivity index (χ4n) is 6.25. The van der Waals surface area contributed by atoms with Crippen molar-refractivity contribution < 1.29 is 4.74 Å². The standard InChI is InChI=1S/C44H60O/c1-12-45-40-32-39(7)41(44(10,11)33-40)28-16-15-22-36(4)24-17-23-34(2)20-13-14-21-35(3)25-18-26-37(5)29-30-42-38(6)27-19-31-43(42,8)9/h13-15,17-18,20-26,29-30,40H,12,19,27,31-33H2,1-11H3/b14-13+,22-15+,23-17+,25-18+,30-29+,34-20+,35-21+,36-24+,37-26+/t40-/m1/s1. The van der Waals surface area contributed by atoms with Crippen molar-refractivity contribution in [2.75, 3.05) is 6.61 Å². The molecule has 0 spiro atoms. The first-order valence-corrected chi connectivity index (χ1v) is 16.8. The lowest BCUT2D eigenvalue weighted by Gasteiger charge is -2.36. The molecule has 2 rings (SSSR count). The molecule has 0 amide bonds. The molecule has 2 aliphatic carbocycles. The first-order valence-electron chi connectivity index (χ1n) is 16.8. The Morgan fingerprint density at radius 3 is 1.87 bits per heavy atom. The zero-order valence-electron chi connectivity index (χ0n) is 30.3. The molecular weight excluding hydrogens is 544 g/mol. The second kappa shape index (κ2) is 18.6. The van der Waals surface area contributed by atoms with Gasteiger partial charge in [0.05, 0.1) is 6.10 Å². The van der Waals surface area contributed by atoms with Gasteiger partial charge in [-0.1, -0.05) is 152 Å². The van der Waals surface area contributed by atoms with Crippen molar-refractivity contribution in [1.29, 1.82) is 0 Å². The molecule has 0 aromatic rings. The maximum absolute atomic E-state index is 5.90. The Kier molecular flexibility index (Phi) is 15.6. The third-order valence-corrected chi connectivity index (χ3v) is 8.73. The van der Waals surface area contributed by atoms with E-state index in [0.717, 1.165) is 19.4 Å². The van der Waals surface area contributed by atoms with Gasteiger partial charge in [0, 0.05) is 17.6 Å². The lowest BCUT2D eigenvalue weighted by molar-refractivity contribution is 0.0310. The van der Waals surface area contributed by atoms with Crippen LogP contribution in [-0.2, 0) is 4.74 Å². The van der Waals surface area contributed by atoms with Crippen molar-refractivity contribution in [1.82, 2.24) is 0 Å². The summed E-state index contributed by atoms with van der Waals surface area (Å²) in [5, 5.41) is 0. The van der Waals surface area contributed by atoms with Crippen LogP contribution in [0.15, 0.2) is 130 Å². The second-order valence-corrected chi connectivity index (χ2v) is 14.1. The fourth-order valence-corrected chi connectivity index (χ4v) is 6.25. The molecule has 0 saturated heterocycles. The highest BCUT2D eigenvalue weighted by atomic mass is 16.5. The number of rotatable bonds is 11. The largest absolute Gasteiger partial charge is 0.378 e. The summed E-state index contributed by atoms with van der Waals surface area (Å²) in [6, 6.07) is 0. The monoisotopic (exact) mass is 604 g/mol. The molecule has 1 heteroatoms. The van der Waals surface area contributed by atoms with Gasteiger partial charge < -0.3 is 4.74 Å². The highest BCUT2D eigenvalue weighted by molar-refractivity contribution is 5.43. The van der Waals surface area contributed by atoms with Gasteiger partial charge in [0.2, 0.25) is 0 Å². The van der Waals surface area contributed by atoms with Crippen LogP contribution in [0.25, 0.3) is 0 Å². The predicted octanol–water partition coefficient (Wildman–Crippen LogP) is 12.6. The van der Waals surface area contributed by atoms with Gasteiger partial charge >= 0.3 is 0 Å². The van der Waals surface area contributed by atoms with E-state index in [2.05, 4.69) is 167 Å². The summed E-state index contributed by atoms with van der Waals surface area (Å²) in [5.74, 6) is 6.70. The molecule has 0 aliphatic heterocycles. The summed E-state index contributed by atoms with van der Waals surface area (Å²) >= 11 is 0. The average Bonchev–Trinajstić information content (AvgIpc) is 2.93. The Bertz CT molecular complexity index is 1420. The third kappa shape index (κ3) is 13.7. The van der Waals surface area contributed by atoms with Crippen LogP contribution in [0.5, 0.6) is 0 Å². The molecule has 0 aromatic carbocycles. The van der Waals surface area contributed by atoms with Crippen LogP contribution in [-0.4, -0.2) is 12.7 Å². The Morgan fingerprint density at radius 2 is 1.31 bits per heavy atom. The van der Waals surface area contributed by atoms with Crippen LogP contribution in [0.1, 0.15) is 108 Å². The summed E-state index contributed by atoms with van der Waals surface area (Å²) in [6.07, 6.45) is 36.0. The van der Waals surface area contributed by atoms with E-state index in [1.807, 2.05) is 6.08 Å². The topological polar surface area (TPSA) is 9.23 Å². The van der Waals surface area contributed by atoms with E-state index < -0.39 is 0 Å². The van der Waals surface area contributed by atoms with Gasteiger partial charge in [-0.05, 0) is 97.6 Å². The Morgan fingerprint density at radius 1 is 0.756 bits per heavy atom. The quantitative estimate of drug-likeness (QED) is 0.168. The minimum Gasteiger partial charge on any atom is -0.378 e. The van der Waals surface area contributed by atoms with Crippen LogP contribution in [0.3, 0.4) is 0 Å². The smallest absolute Gasteiger partial charge is 0.0620 e. The van der Waals surface area contributed by atoms with Gasteiger partial charge in [-0.15, -0.1) is 0 Å². The van der Waals surface area contributed by atoms with E-state index >= 15 is 0 Å². The normalized spacial score (nSPS) is 22.2. The van der Waals surface area contributed by atoms with Gasteiger partial charge in [0.15, 0.2) is 0 Å². The van der Waals surface area contributed by atoms with Crippen molar-refractivity contribution in [3.63, 3.8) is 0 Å². The molecule has 0 heterocycles. The third-order valence-electron chi connectivity index (χ3n) is 8.73. The minimum absolute atomic E-state index is 0.0533. The maximum Gasteiger partial charge on any atom is 0.0620 e. The van der Waals surface area contributed by atoms with E-state index in [-0.39, 0.29) is 10.8 Å². The molecule has 0 N–H and O–H groups in total. The van der Waals surface area contributed by atoms with Crippen LogP contribution >= 0.6 is 0 Å². The predicted molar refractivity (Wildman–Crippen MR) is 200 cm³/mol. The van der Waals surface area contributed by atoms with Crippen molar-refractivity contribution in [2.45, 2.75) is 114 Å². The van der Waals surface area contributed by atoms with E-state index in [0.29, 0.717) is 6.10 Å². The molecule has 242 valence electrons. The molecular formula is C44H60O. The van der Waals surface area contributed by atoms with Crippen molar-refractivity contribution in [3.8, 4) is 11.8 Å². The van der Waals surface area contributed by atoms with E-state index in [9.17, 15) is 0 Å². The van der Waals surface area contributed by atoms with Crippen molar-refractivity contribution >= 4 is 0 Å². The highest BCUT2D eigenvalue weighted by Gasteiger charge is 2.33. The Balaban J connectivity index is 1.88. The second-order valence-electron chi connectivity index (χ2n) is 14.1. The highest BCUT2D eigenvalue weighted by Crippen LogP contribution is 2.41. The van der Waals surface area contributed by atoms with Crippen LogP contribution in [0, 0.1) is 22.7 Å². The Hall–Kier alpha value is -3.34. The molecule has 0 aromatic heterocycles.